The highest BCUT2D eigenvalue weighted by Crippen LogP contribution is 2.25. The second-order valence-electron chi connectivity index (χ2n) is 9.54. The third kappa shape index (κ3) is 5.35. The number of ketones is 1. The fourth-order valence-electron chi connectivity index (χ4n) is 3.94. The Labute approximate surface area is 209 Å². The van der Waals surface area contributed by atoms with Crippen LogP contribution < -0.4 is 10.2 Å². The molecule has 1 amide bonds. The third-order valence-corrected chi connectivity index (χ3v) is 5.93. The van der Waals surface area contributed by atoms with Crippen LogP contribution in [0.4, 0.5) is 4.39 Å². The number of hydrogen-bond acceptors (Lipinski definition) is 4. The first kappa shape index (κ1) is 24.9. The summed E-state index contributed by atoms with van der Waals surface area (Å²) in [6.07, 6.45) is 3.30. The van der Waals surface area contributed by atoms with Crippen molar-refractivity contribution < 1.29 is 18.7 Å². The Morgan fingerprint density at radius 3 is 2.39 bits per heavy atom. The van der Waals surface area contributed by atoms with E-state index < -0.39 is 11.7 Å². The molecule has 2 aromatic heterocycles. The molecule has 4 rings (SSSR count). The first-order valence-corrected chi connectivity index (χ1v) is 11.6. The van der Waals surface area contributed by atoms with Crippen LogP contribution in [0.2, 0.25) is 0 Å². The van der Waals surface area contributed by atoms with Crippen molar-refractivity contribution in [2.75, 3.05) is 6.61 Å². The molecule has 184 valence electrons. The van der Waals surface area contributed by atoms with Gasteiger partial charge in [-0.05, 0) is 72.0 Å². The van der Waals surface area contributed by atoms with Crippen molar-refractivity contribution in [2.24, 2.45) is 5.10 Å². The van der Waals surface area contributed by atoms with Crippen molar-refractivity contribution in [1.82, 2.24) is 9.83 Å². The Morgan fingerprint density at radius 2 is 1.72 bits per heavy atom. The summed E-state index contributed by atoms with van der Waals surface area (Å²) in [4.78, 5) is 25.5. The number of fused-ring (bicyclic) bond motifs is 1. The van der Waals surface area contributed by atoms with E-state index in [0.717, 1.165) is 5.52 Å². The molecule has 0 atom stereocenters. The lowest BCUT2D eigenvalue weighted by atomic mass is 9.87. The molecule has 0 bridgehead atoms. The number of benzene rings is 2. The van der Waals surface area contributed by atoms with Crippen molar-refractivity contribution in [3.8, 4) is 5.75 Å². The zero-order valence-electron chi connectivity index (χ0n) is 20.7. The van der Waals surface area contributed by atoms with Crippen LogP contribution in [-0.2, 0) is 10.2 Å². The van der Waals surface area contributed by atoms with Gasteiger partial charge in [-0.15, -0.1) is 0 Å². The van der Waals surface area contributed by atoms with Gasteiger partial charge in [0, 0.05) is 17.3 Å². The normalized spacial score (nSPS) is 11.7. The van der Waals surface area contributed by atoms with Gasteiger partial charge in [0.2, 0.25) is 5.78 Å². The van der Waals surface area contributed by atoms with Gasteiger partial charge in [-0.3, -0.25) is 9.59 Å². The maximum atomic E-state index is 13.3. The monoisotopic (exact) mass is 485 g/mol. The molecule has 2 heterocycles. The van der Waals surface area contributed by atoms with E-state index in [2.05, 4.69) is 31.3 Å². The number of nitrogens with one attached hydrogen (secondary N) is 1. The molecule has 0 saturated heterocycles. The maximum absolute atomic E-state index is 13.3. The molecule has 2 aromatic carbocycles. The maximum Gasteiger partial charge on any atom is 0.277 e. The molecule has 1 N–H and O–H groups in total. The molecule has 0 aliphatic rings. The number of nitrogens with zero attached hydrogens (tertiary/aromatic N) is 2. The second kappa shape index (κ2) is 10.2. The average molecular weight is 486 g/mol. The molecular formula is C29H28FN3O3. The van der Waals surface area contributed by atoms with Gasteiger partial charge < -0.3 is 9.14 Å². The van der Waals surface area contributed by atoms with E-state index >= 15 is 0 Å². The van der Waals surface area contributed by atoms with Gasteiger partial charge in [0.15, 0.2) is 6.61 Å². The highest BCUT2D eigenvalue weighted by Gasteiger charge is 2.21. The highest BCUT2D eigenvalue weighted by atomic mass is 19.1. The molecular weight excluding hydrogens is 457 g/mol. The molecule has 0 saturated carbocycles. The van der Waals surface area contributed by atoms with Crippen LogP contribution >= 0.6 is 0 Å². The third-order valence-electron chi connectivity index (χ3n) is 5.93. The smallest absolute Gasteiger partial charge is 0.277 e. The van der Waals surface area contributed by atoms with Crippen LogP contribution in [0.1, 0.15) is 53.5 Å². The molecule has 0 fully saturated rings. The standard InChI is InChI=1S/C29H28FN3O3/c1-19-24(17-31-32-26(34)18-36-23-14-10-21(11-15-23)29(2,3)4)25-7-5-6-16-33(25)27(19)28(35)20-8-12-22(30)13-9-20/h5-17H,18H2,1-4H3,(H,32,34). The van der Waals surface area contributed by atoms with Crippen molar-refractivity contribution in [3.63, 3.8) is 0 Å². The first-order chi connectivity index (χ1) is 17.1. The van der Waals surface area contributed by atoms with Crippen LogP contribution in [0.15, 0.2) is 78.0 Å². The average Bonchev–Trinajstić information content (AvgIpc) is 3.13. The SMILES string of the molecule is Cc1c(C=NNC(=O)COc2ccc(C(C)(C)C)cc2)c2ccccn2c1C(=O)c1ccc(F)cc1. The van der Waals surface area contributed by atoms with E-state index in [0.29, 0.717) is 28.1 Å². The fourth-order valence-corrected chi connectivity index (χ4v) is 3.94. The Morgan fingerprint density at radius 1 is 1.03 bits per heavy atom. The van der Waals surface area contributed by atoms with Crippen LogP contribution in [0.3, 0.4) is 0 Å². The number of amides is 1. The zero-order valence-corrected chi connectivity index (χ0v) is 20.7. The minimum atomic E-state index is -0.407. The molecule has 36 heavy (non-hydrogen) atoms. The zero-order chi connectivity index (χ0) is 25.9. The number of hydrogen-bond donors (Lipinski definition) is 1. The summed E-state index contributed by atoms with van der Waals surface area (Å²) in [6, 6.07) is 18.6. The molecule has 4 aromatic rings. The Bertz CT molecular complexity index is 1430. The van der Waals surface area contributed by atoms with Gasteiger partial charge in [-0.1, -0.05) is 39.0 Å². The van der Waals surface area contributed by atoms with Crippen LogP contribution in [0.5, 0.6) is 5.75 Å². The van der Waals surface area contributed by atoms with E-state index in [9.17, 15) is 14.0 Å². The summed E-state index contributed by atoms with van der Waals surface area (Å²) in [5.41, 5.74) is 6.67. The van der Waals surface area contributed by atoms with E-state index in [1.807, 2.05) is 49.4 Å². The minimum absolute atomic E-state index is 0.0372. The van der Waals surface area contributed by atoms with Crippen LogP contribution in [0, 0.1) is 12.7 Å². The predicted molar refractivity (Wildman–Crippen MR) is 138 cm³/mol. The molecule has 0 aliphatic carbocycles. The molecule has 0 spiro atoms. The van der Waals surface area contributed by atoms with Gasteiger partial charge in [0.1, 0.15) is 11.6 Å². The molecule has 0 aliphatic heterocycles. The van der Waals surface area contributed by atoms with Crippen LogP contribution in [-0.4, -0.2) is 28.9 Å². The largest absolute Gasteiger partial charge is 0.484 e. The summed E-state index contributed by atoms with van der Waals surface area (Å²) in [5, 5.41) is 4.09. The number of ether oxygens (including phenoxy) is 1. The quantitative estimate of drug-likeness (QED) is 0.215. The second-order valence-corrected chi connectivity index (χ2v) is 9.54. The van der Waals surface area contributed by atoms with E-state index in [4.69, 9.17) is 4.74 Å². The molecule has 6 nitrogen and oxygen atoms in total. The predicted octanol–water partition coefficient (Wildman–Crippen LogP) is 5.44. The van der Waals surface area contributed by atoms with Crippen LogP contribution in [0.25, 0.3) is 5.52 Å². The van der Waals surface area contributed by atoms with Gasteiger partial charge in [0.25, 0.3) is 5.91 Å². The lowest BCUT2D eigenvalue weighted by Gasteiger charge is -2.19. The summed E-state index contributed by atoms with van der Waals surface area (Å²) in [7, 11) is 0. The number of halogens is 1. The van der Waals surface area contributed by atoms with Crippen molar-refractivity contribution in [1.29, 1.82) is 0 Å². The highest BCUT2D eigenvalue weighted by molar-refractivity contribution is 6.12. The number of carbonyl (C=O) groups is 2. The Kier molecular flexibility index (Phi) is 7.01. The van der Waals surface area contributed by atoms with E-state index in [1.165, 1.54) is 36.0 Å². The van der Waals surface area contributed by atoms with E-state index in [1.54, 1.807) is 10.6 Å². The van der Waals surface area contributed by atoms with Gasteiger partial charge in [-0.2, -0.15) is 5.10 Å². The van der Waals surface area contributed by atoms with Crippen molar-refractivity contribution in [3.05, 3.63) is 107 Å². The summed E-state index contributed by atoms with van der Waals surface area (Å²) < 4.78 is 20.7. The number of aromatic nitrogens is 1. The number of rotatable bonds is 7. The lowest BCUT2D eigenvalue weighted by Crippen LogP contribution is -2.24. The van der Waals surface area contributed by atoms with Crippen molar-refractivity contribution >= 4 is 23.4 Å². The van der Waals surface area contributed by atoms with Gasteiger partial charge in [-0.25, -0.2) is 9.82 Å². The number of carbonyl (C=O) groups excluding carboxylic acids is 2. The minimum Gasteiger partial charge on any atom is -0.484 e. The lowest BCUT2D eigenvalue weighted by molar-refractivity contribution is -0.123. The fraction of sp³-hybridized carbons (Fsp3) is 0.207. The molecule has 0 radical (unpaired) electrons. The topological polar surface area (TPSA) is 72.2 Å². The van der Waals surface area contributed by atoms with E-state index in [-0.39, 0.29) is 17.8 Å². The summed E-state index contributed by atoms with van der Waals surface area (Å²) >= 11 is 0. The van der Waals surface area contributed by atoms with Gasteiger partial charge >= 0.3 is 0 Å². The first-order valence-electron chi connectivity index (χ1n) is 11.6. The Hall–Kier alpha value is -4.26. The number of hydrazone groups is 1. The summed E-state index contributed by atoms with van der Waals surface area (Å²) in [6.45, 7) is 8.03. The van der Waals surface area contributed by atoms with Crippen molar-refractivity contribution in [2.45, 2.75) is 33.1 Å². The Balaban J connectivity index is 1.47. The molecule has 7 heteroatoms. The summed E-state index contributed by atoms with van der Waals surface area (Å²) in [5.74, 6) is -0.448. The number of pyridine rings is 1. The van der Waals surface area contributed by atoms with Gasteiger partial charge in [0.05, 0.1) is 17.4 Å². The molecule has 0 unspecified atom stereocenters.